The average molecular weight is 406 g/mol. The summed E-state index contributed by atoms with van der Waals surface area (Å²) in [5.41, 5.74) is 2.65. The number of fused-ring (bicyclic) bond motifs is 1. The van der Waals surface area contributed by atoms with Gasteiger partial charge in [-0.1, -0.05) is 17.7 Å². The van der Waals surface area contributed by atoms with Crippen molar-refractivity contribution in [1.82, 2.24) is 14.1 Å². The summed E-state index contributed by atoms with van der Waals surface area (Å²) in [4.78, 5) is 0. The molecule has 3 aromatic rings. The number of phenolic OH excluding ortho intramolecular Hbond substituents is 1. The van der Waals surface area contributed by atoms with Crippen molar-refractivity contribution in [2.24, 2.45) is 0 Å². The van der Waals surface area contributed by atoms with Crippen LogP contribution >= 0.6 is 11.6 Å². The maximum absolute atomic E-state index is 13.4. The lowest BCUT2D eigenvalue weighted by Crippen LogP contribution is -2.24. The van der Waals surface area contributed by atoms with Crippen LogP contribution in [-0.2, 0) is 23.1 Å². The number of hydrogen-bond donors (Lipinski definition) is 1. The molecule has 0 bridgehead atoms. The minimum absolute atomic E-state index is 0.118. The molecule has 1 aliphatic heterocycles. The van der Waals surface area contributed by atoms with Crippen LogP contribution < -0.4 is 0 Å². The van der Waals surface area contributed by atoms with Crippen LogP contribution in [0.1, 0.15) is 11.3 Å². The van der Waals surface area contributed by atoms with E-state index >= 15 is 0 Å². The summed E-state index contributed by atoms with van der Waals surface area (Å²) in [6, 6.07) is 12.6. The Labute approximate surface area is 160 Å². The first-order valence-corrected chi connectivity index (χ1v) is 10.1. The smallest absolute Gasteiger partial charge is 0.211 e. The molecule has 0 amide bonds. The Balaban J connectivity index is 1.92. The lowest BCUT2D eigenvalue weighted by Gasteiger charge is -2.14. The number of halogens is 2. The third-order valence-corrected chi connectivity index (χ3v) is 5.75. The molecule has 0 aliphatic carbocycles. The van der Waals surface area contributed by atoms with Gasteiger partial charge < -0.3 is 5.11 Å². The van der Waals surface area contributed by atoms with Crippen molar-refractivity contribution in [3.05, 3.63) is 64.6 Å². The molecule has 1 N–H and O–H groups in total. The number of hydrogen-bond acceptors (Lipinski definition) is 4. The molecular weight excluding hydrogens is 393 g/mol. The van der Waals surface area contributed by atoms with E-state index in [9.17, 15) is 17.9 Å². The maximum Gasteiger partial charge on any atom is 0.211 e. The number of aromatic hydroxyl groups is 1. The fraction of sp³-hybridized carbons (Fsp3) is 0.167. The monoisotopic (exact) mass is 405 g/mol. The molecule has 1 aliphatic rings. The van der Waals surface area contributed by atoms with Crippen molar-refractivity contribution in [3.8, 4) is 22.7 Å². The molecule has 0 unspecified atom stereocenters. The third kappa shape index (κ3) is 3.14. The zero-order valence-electron chi connectivity index (χ0n) is 14.1. The third-order valence-electron chi connectivity index (χ3n) is 4.33. The van der Waals surface area contributed by atoms with Crippen molar-refractivity contribution >= 4 is 21.6 Å². The predicted octanol–water partition coefficient (Wildman–Crippen LogP) is 2.91. The van der Waals surface area contributed by atoms with Crippen LogP contribution in [0.25, 0.3) is 16.9 Å². The Morgan fingerprint density at radius 1 is 1.22 bits per heavy atom. The summed E-state index contributed by atoms with van der Waals surface area (Å²) in [7, 11) is -3.39. The van der Waals surface area contributed by atoms with Gasteiger partial charge in [-0.3, -0.25) is 0 Å². The number of rotatable bonds is 3. The molecule has 2 heterocycles. The molecule has 0 saturated carbocycles. The van der Waals surface area contributed by atoms with Crippen LogP contribution in [-0.4, -0.2) is 33.9 Å². The van der Waals surface area contributed by atoms with Gasteiger partial charge in [0.1, 0.15) is 17.3 Å². The summed E-state index contributed by atoms with van der Waals surface area (Å²) in [6.07, 6.45) is 1.14. The number of benzene rings is 1. The number of nitrogens with zero attached hydrogens (tertiary/aromatic N) is 3. The van der Waals surface area contributed by atoms with E-state index < -0.39 is 15.8 Å². The Kier molecular flexibility index (Phi) is 4.11. The van der Waals surface area contributed by atoms with Crippen LogP contribution in [0.3, 0.4) is 0 Å². The van der Waals surface area contributed by atoms with E-state index in [0.717, 1.165) is 12.3 Å². The van der Waals surface area contributed by atoms with E-state index in [1.807, 2.05) is 0 Å². The summed E-state index contributed by atoms with van der Waals surface area (Å²) in [5, 5.41) is 15.0. The highest BCUT2D eigenvalue weighted by Gasteiger charge is 2.33. The number of phenols is 1. The van der Waals surface area contributed by atoms with Gasteiger partial charge in [0.25, 0.3) is 0 Å². The van der Waals surface area contributed by atoms with Crippen LogP contribution in [0.4, 0.5) is 4.39 Å². The fourth-order valence-electron chi connectivity index (χ4n) is 3.05. The highest BCUT2D eigenvalue weighted by molar-refractivity contribution is 7.88. The zero-order chi connectivity index (χ0) is 19.3. The molecule has 9 heteroatoms. The highest BCUT2D eigenvalue weighted by atomic mass is 35.5. The maximum atomic E-state index is 13.4. The second kappa shape index (κ2) is 6.23. The molecule has 27 heavy (non-hydrogen) atoms. The Morgan fingerprint density at radius 2 is 2.00 bits per heavy atom. The van der Waals surface area contributed by atoms with Crippen LogP contribution in [0.2, 0.25) is 5.02 Å². The van der Waals surface area contributed by atoms with Gasteiger partial charge in [0.2, 0.25) is 10.0 Å². The minimum atomic E-state index is -3.39. The van der Waals surface area contributed by atoms with Crippen molar-refractivity contribution in [1.29, 1.82) is 0 Å². The summed E-state index contributed by atoms with van der Waals surface area (Å²) in [5.74, 6) is -0.859. The van der Waals surface area contributed by atoms with Gasteiger partial charge in [-0.05, 0) is 30.3 Å². The fourth-order valence-corrected chi connectivity index (χ4v) is 3.88. The van der Waals surface area contributed by atoms with Gasteiger partial charge >= 0.3 is 0 Å². The Morgan fingerprint density at radius 3 is 2.63 bits per heavy atom. The first-order valence-electron chi connectivity index (χ1n) is 7.88. The lowest BCUT2D eigenvalue weighted by molar-refractivity contribution is 0.429. The summed E-state index contributed by atoms with van der Waals surface area (Å²) in [6.45, 7) is 0.259. The van der Waals surface area contributed by atoms with E-state index in [4.69, 9.17) is 11.6 Å². The van der Waals surface area contributed by atoms with E-state index in [2.05, 4.69) is 17.2 Å². The first kappa shape index (κ1) is 17.8. The Bertz CT molecular complexity index is 1140. The van der Waals surface area contributed by atoms with Gasteiger partial charge in [0.15, 0.2) is 0 Å². The van der Waals surface area contributed by atoms with Crippen LogP contribution in [0.5, 0.6) is 5.75 Å². The molecule has 1 aromatic heterocycles. The molecule has 0 saturated heterocycles. The van der Waals surface area contributed by atoms with Crippen molar-refractivity contribution in [2.45, 2.75) is 13.1 Å². The predicted molar refractivity (Wildman–Crippen MR) is 97.4 cm³/mol. The number of sulfonamides is 1. The first-order chi connectivity index (χ1) is 12.7. The SMILES string of the molecule is CS(=O)(=O)N1Cc2nn(-c3ccc(F)cc3O)c(-c3c#cc(Cl)cc3)c2C1. The number of aromatic nitrogens is 2. The zero-order valence-corrected chi connectivity index (χ0v) is 15.6. The van der Waals surface area contributed by atoms with Gasteiger partial charge in [0, 0.05) is 18.2 Å². The second-order valence-corrected chi connectivity index (χ2v) is 8.58. The van der Waals surface area contributed by atoms with Crippen LogP contribution in [0.15, 0.2) is 30.3 Å². The normalized spacial score (nSPS) is 14.2. The lowest BCUT2D eigenvalue weighted by atomic mass is 10.1. The molecule has 2 aromatic carbocycles. The van der Waals surface area contributed by atoms with Crippen molar-refractivity contribution in [2.75, 3.05) is 6.26 Å². The molecule has 138 valence electrons. The average Bonchev–Trinajstić information content (AvgIpc) is 3.13. The van der Waals surface area contributed by atoms with Crippen molar-refractivity contribution < 1.29 is 17.9 Å². The minimum Gasteiger partial charge on any atom is -0.506 e. The second-order valence-electron chi connectivity index (χ2n) is 6.19. The van der Waals surface area contributed by atoms with Gasteiger partial charge in [0.05, 0.1) is 34.8 Å². The molecule has 6 nitrogen and oxygen atoms in total. The summed E-state index contributed by atoms with van der Waals surface area (Å²) >= 11 is 5.89. The van der Waals surface area contributed by atoms with Crippen molar-refractivity contribution in [3.63, 3.8) is 0 Å². The molecular formula is C18H13ClFN3O3S. The molecule has 0 radical (unpaired) electrons. The van der Waals surface area contributed by atoms with E-state index in [1.54, 1.807) is 12.1 Å². The van der Waals surface area contributed by atoms with Gasteiger partial charge in [-0.15, -0.1) is 0 Å². The van der Waals surface area contributed by atoms with E-state index in [1.165, 1.54) is 21.1 Å². The van der Waals surface area contributed by atoms with E-state index in [-0.39, 0.29) is 24.5 Å². The molecule has 0 atom stereocenters. The quantitative estimate of drug-likeness (QED) is 0.727. The largest absolute Gasteiger partial charge is 0.506 e. The van der Waals surface area contributed by atoms with E-state index in [0.29, 0.717) is 27.5 Å². The summed E-state index contributed by atoms with van der Waals surface area (Å²) < 4.78 is 40.0. The topological polar surface area (TPSA) is 75.4 Å². The Hall–Kier alpha value is -2.60. The highest BCUT2D eigenvalue weighted by Crippen LogP contribution is 2.36. The van der Waals surface area contributed by atoms with Crippen LogP contribution in [0, 0.1) is 17.9 Å². The van der Waals surface area contributed by atoms with Gasteiger partial charge in [-0.2, -0.15) is 9.40 Å². The molecule has 0 spiro atoms. The molecule has 0 fully saturated rings. The van der Waals surface area contributed by atoms with Gasteiger partial charge in [-0.25, -0.2) is 17.5 Å². The molecule has 4 rings (SSSR count). The standard InChI is InChI=1S/C18H13ClFN3O3S/c1-27(25,26)22-9-14-15(10-22)21-23(16-7-6-13(20)8-17(16)24)18(14)11-2-4-12(19)5-3-11/h2,4,6-8,24H,9-10H2,1H3.